The topological polar surface area (TPSA) is 95.9 Å². The lowest BCUT2D eigenvalue weighted by Gasteiger charge is -2.21. The number of benzene rings is 2. The van der Waals surface area contributed by atoms with Crippen molar-refractivity contribution in [3.05, 3.63) is 59.7 Å². The second-order valence-corrected chi connectivity index (χ2v) is 7.41. The van der Waals surface area contributed by atoms with Crippen LogP contribution in [0.5, 0.6) is 5.75 Å². The molecule has 0 bridgehead atoms. The van der Waals surface area contributed by atoms with Gasteiger partial charge in [-0.2, -0.15) is 4.31 Å². The molecule has 0 radical (unpaired) electrons. The summed E-state index contributed by atoms with van der Waals surface area (Å²) >= 11 is 0. The minimum Gasteiger partial charge on any atom is -0.497 e. The van der Waals surface area contributed by atoms with E-state index in [1.54, 1.807) is 12.1 Å². The number of rotatable bonds is 7. The lowest BCUT2D eigenvalue weighted by Crippen LogP contribution is -2.39. The Balaban J connectivity index is 2.34. The van der Waals surface area contributed by atoms with E-state index in [9.17, 15) is 13.2 Å². The third kappa shape index (κ3) is 4.79. The van der Waals surface area contributed by atoms with Gasteiger partial charge in [0.2, 0.25) is 10.0 Å². The fourth-order valence-corrected chi connectivity index (χ4v) is 3.60. The molecule has 2 aromatic carbocycles. The number of carbonyl (C=O) groups excluding carboxylic acids is 1. The van der Waals surface area contributed by atoms with Crippen LogP contribution in [-0.4, -0.2) is 37.5 Å². The molecule has 25 heavy (non-hydrogen) atoms. The molecule has 0 saturated heterocycles. The highest BCUT2D eigenvalue weighted by atomic mass is 32.2. The average molecular weight is 364 g/mol. The monoisotopic (exact) mass is 364 g/mol. The number of nitrogens with zero attached hydrogens (tertiary/aromatic N) is 1. The maximum Gasteiger partial charge on any atom is 0.258 e. The maximum absolute atomic E-state index is 12.9. The zero-order valence-corrected chi connectivity index (χ0v) is 14.8. The minimum absolute atomic E-state index is 0.00205. The lowest BCUT2D eigenvalue weighted by molar-refractivity contribution is -0.129. The van der Waals surface area contributed by atoms with Gasteiger partial charge in [-0.1, -0.05) is 29.8 Å². The van der Waals surface area contributed by atoms with Crippen LogP contribution in [0.1, 0.15) is 11.1 Å². The van der Waals surface area contributed by atoms with E-state index in [0.29, 0.717) is 5.75 Å². The van der Waals surface area contributed by atoms with Crippen LogP contribution in [0.15, 0.2) is 53.4 Å². The van der Waals surface area contributed by atoms with Crippen molar-refractivity contribution in [3.8, 4) is 5.75 Å². The van der Waals surface area contributed by atoms with E-state index in [1.165, 1.54) is 36.9 Å². The van der Waals surface area contributed by atoms with Gasteiger partial charge < -0.3 is 4.74 Å². The summed E-state index contributed by atoms with van der Waals surface area (Å²) in [5, 5.41) is 8.75. The molecule has 0 heterocycles. The molecule has 0 aliphatic carbocycles. The summed E-state index contributed by atoms with van der Waals surface area (Å²) in [6.45, 7) is 1.43. The fourth-order valence-electron chi connectivity index (χ4n) is 2.22. The number of ether oxygens (including phenoxy) is 1. The summed E-state index contributed by atoms with van der Waals surface area (Å²) < 4.78 is 31.8. The number of amides is 1. The Morgan fingerprint density at radius 3 is 2.24 bits per heavy atom. The first-order chi connectivity index (χ1) is 11.9. The fraction of sp³-hybridized carbons (Fsp3) is 0.235. The van der Waals surface area contributed by atoms with Gasteiger partial charge in [0.15, 0.2) is 0 Å². The predicted molar refractivity (Wildman–Crippen MR) is 91.7 cm³/mol. The van der Waals surface area contributed by atoms with Crippen molar-refractivity contribution in [1.29, 1.82) is 0 Å². The van der Waals surface area contributed by atoms with E-state index in [-0.39, 0.29) is 11.4 Å². The first-order valence-corrected chi connectivity index (χ1v) is 8.93. The van der Waals surface area contributed by atoms with Crippen LogP contribution in [-0.2, 0) is 21.4 Å². The van der Waals surface area contributed by atoms with Gasteiger partial charge in [-0.15, -0.1) is 0 Å². The second-order valence-electron chi connectivity index (χ2n) is 5.47. The van der Waals surface area contributed by atoms with Crippen molar-refractivity contribution in [1.82, 2.24) is 9.79 Å². The van der Waals surface area contributed by atoms with E-state index in [0.717, 1.165) is 15.4 Å². The molecule has 0 unspecified atom stereocenters. The molecule has 0 saturated carbocycles. The van der Waals surface area contributed by atoms with Gasteiger partial charge in [0.25, 0.3) is 5.91 Å². The molecule has 8 heteroatoms. The zero-order chi connectivity index (χ0) is 18.4. The van der Waals surface area contributed by atoms with Crippen LogP contribution in [0.2, 0.25) is 0 Å². The number of nitrogens with one attached hydrogen (secondary N) is 1. The molecule has 0 spiro atoms. The summed E-state index contributed by atoms with van der Waals surface area (Å²) in [5.74, 6) is -0.290. The SMILES string of the molecule is COc1ccc(S(=O)(=O)N(CC(=O)NO)Cc2ccc(C)cc2)cc1. The normalized spacial score (nSPS) is 11.4. The smallest absolute Gasteiger partial charge is 0.258 e. The van der Waals surface area contributed by atoms with Crippen molar-refractivity contribution in [2.24, 2.45) is 0 Å². The molecule has 1 amide bonds. The van der Waals surface area contributed by atoms with Crippen molar-refractivity contribution in [3.63, 3.8) is 0 Å². The molecule has 2 N–H and O–H groups in total. The van der Waals surface area contributed by atoms with Crippen molar-refractivity contribution < 1.29 is 23.2 Å². The molecule has 7 nitrogen and oxygen atoms in total. The molecular formula is C17H20N2O5S. The lowest BCUT2D eigenvalue weighted by atomic mass is 10.1. The van der Waals surface area contributed by atoms with Crippen molar-refractivity contribution in [2.45, 2.75) is 18.4 Å². The number of hydrogen-bond acceptors (Lipinski definition) is 5. The number of aryl methyl sites for hydroxylation is 1. The minimum atomic E-state index is -3.93. The Labute approximate surface area is 146 Å². The average Bonchev–Trinajstić information content (AvgIpc) is 2.62. The molecule has 2 rings (SSSR count). The number of hydrogen-bond donors (Lipinski definition) is 2. The molecule has 0 fully saturated rings. The largest absolute Gasteiger partial charge is 0.497 e. The van der Waals surface area contributed by atoms with Gasteiger partial charge in [0.1, 0.15) is 5.75 Å². The number of sulfonamides is 1. The number of hydroxylamine groups is 1. The highest BCUT2D eigenvalue weighted by Gasteiger charge is 2.27. The Morgan fingerprint density at radius 2 is 1.72 bits per heavy atom. The van der Waals surface area contributed by atoms with E-state index < -0.39 is 22.5 Å². The summed E-state index contributed by atoms with van der Waals surface area (Å²) in [6, 6.07) is 13.2. The second kappa shape index (κ2) is 8.11. The molecular weight excluding hydrogens is 344 g/mol. The van der Waals surface area contributed by atoms with Gasteiger partial charge in [-0.3, -0.25) is 10.0 Å². The van der Waals surface area contributed by atoms with Gasteiger partial charge in [-0.25, -0.2) is 13.9 Å². The van der Waals surface area contributed by atoms with E-state index in [1.807, 2.05) is 19.1 Å². The van der Waals surface area contributed by atoms with Crippen molar-refractivity contribution in [2.75, 3.05) is 13.7 Å². The summed E-state index contributed by atoms with van der Waals surface area (Å²) in [5.41, 5.74) is 3.24. The highest BCUT2D eigenvalue weighted by molar-refractivity contribution is 7.89. The third-order valence-electron chi connectivity index (χ3n) is 3.62. The molecule has 0 aromatic heterocycles. The zero-order valence-electron chi connectivity index (χ0n) is 14.0. The first kappa shape index (κ1) is 18.9. The van der Waals surface area contributed by atoms with Crippen LogP contribution >= 0.6 is 0 Å². The van der Waals surface area contributed by atoms with E-state index in [4.69, 9.17) is 9.94 Å². The van der Waals surface area contributed by atoms with Crippen LogP contribution in [0.3, 0.4) is 0 Å². The standard InChI is InChI=1S/C17H20N2O5S/c1-13-3-5-14(6-4-13)11-19(12-17(20)18-21)25(22,23)16-9-7-15(24-2)8-10-16/h3-10,21H,11-12H2,1-2H3,(H,18,20). The number of methoxy groups -OCH3 is 1. The van der Waals surface area contributed by atoms with Gasteiger partial charge in [0.05, 0.1) is 18.6 Å². The Morgan fingerprint density at radius 1 is 1.12 bits per heavy atom. The summed E-state index contributed by atoms with van der Waals surface area (Å²) in [6.07, 6.45) is 0. The predicted octanol–water partition coefficient (Wildman–Crippen LogP) is 1.70. The van der Waals surface area contributed by atoms with Gasteiger partial charge in [0, 0.05) is 6.54 Å². The third-order valence-corrected chi connectivity index (χ3v) is 5.43. The summed E-state index contributed by atoms with van der Waals surface area (Å²) in [7, 11) is -2.45. The number of carbonyl (C=O) groups is 1. The molecule has 134 valence electrons. The molecule has 2 aromatic rings. The summed E-state index contributed by atoms with van der Waals surface area (Å²) in [4.78, 5) is 11.6. The van der Waals surface area contributed by atoms with Crippen LogP contribution in [0, 0.1) is 6.92 Å². The molecule has 0 aliphatic rings. The van der Waals surface area contributed by atoms with E-state index >= 15 is 0 Å². The maximum atomic E-state index is 12.9. The van der Waals surface area contributed by atoms with E-state index in [2.05, 4.69) is 0 Å². The first-order valence-electron chi connectivity index (χ1n) is 7.49. The quantitative estimate of drug-likeness (QED) is 0.576. The van der Waals surface area contributed by atoms with Gasteiger partial charge in [-0.05, 0) is 36.8 Å². The van der Waals surface area contributed by atoms with Crippen LogP contribution in [0.4, 0.5) is 0 Å². The Bertz CT molecular complexity index is 817. The molecule has 0 aliphatic heterocycles. The van der Waals surface area contributed by atoms with Crippen molar-refractivity contribution >= 4 is 15.9 Å². The molecule has 0 atom stereocenters. The highest BCUT2D eigenvalue weighted by Crippen LogP contribution is 2.21. The Hall–Kier alpha value is -2.42. The van der Waals surface area contributed by atoms with Gasteiger partial charge >= 0.3 is 0 Å². The van der Waals surface area contributed by atoms with Crippen LogP contribution < -0.4 is 10.2 Å². The Kier molecular flexibility index (Phi) is 6.13. The van der Waals surface area contributed by atoms with Crippen LogP contribution in [0.25, 0.3) is 0 Å².